The number of nitrogens with two attached hydrogens (primary N) is 1. The molecule has 0 aliphatic rings. The molecular formula is C8H8FNO2. The minimum absolute atomic E-state index is 0.0579. The first-order chi connectivity index (χ1) is 5.55. The van der Waals surface area contributed by atoms with Crippen LogP contribution in [0.4, 0.5) is 4.39 Å². The Kier molecular flexibility index (Phi) is 2.10. The third-order valence-electron chi connectivity index (χ3n) is 1.51. The van der Waals surface area contributed by atoms with Crippen LogP contribution < -0.4 is 5.73 Å². The Labute approximate surface area is 68.6 Å². The van der Waals surface area contributed by atoms with Gasteiger partial charge in [-0.15, -0.1) is 0 Å². The van der Waals surface area contributed by atoms with Crippen molar-refractivity contribution in [1.29, 1.82) is 0 Å². The number of aliphatic carboxylic acids is 1. The van der Waals surface area contributed by atoms with Gasteiger partial charge in [0.25, 0.3) is 5.79 Å². The Morgan fingerprint density at radius 1 is 1.42 bits per heavy atom. The summed E-state index contributed by atoms with van der Waals surface area (Å²) in [6.45, 7) is 0. The molecule has 1 rings (SSSR count). The SMILES string of the molecule is N[C@](F)(C(=O)O)c1ccccc1. The molecule has 3 N–H and O–H groups in total. The number of alkyl halides is 1. The van der Waals surface area contributed by atoms with Crippen molar-refractivity contribution in [1.82, 2.24) is 0 Å². The van der Waals surface area contributed by atoms with E-state index in [4.69, 9.17) is 10.8 Å². The molecule has 0 saturated heterocycles. The van der Waals surface area contributed by atoms with Crippen molar-refractivity contribution in [2.45, 2.75) is 5.79 Å². The van der Waals surface area contributed by atoms with Crippen LogP contribution in [0.25, 0.3) is 0 Å². The van der Waals surface area contributed by atoms with Crippen LogP contribution in [0.2, 0.25) is 0 Å². The molecule has 0 bridgehead atoms. The molecule has 12 heavy (non-hydrogen) atoms. The highest BCUT2D eigenvalue weighted by molar-refractivity contribution is 5.78. The second-order valence-electron chi connectivity index (χ2n) is 2.38. The highest BCUT2D eigenvalue weighted by atomic mass is 19.1. The lowest BCUT2D eigenvalue weighted by Gasteiger charge is -2.14. The van der Waals surface area contributed by atoms with E-state index in [1.807, 2.05) is 0 Å². The molecule has 64 valence electrons. The summed E-state index contributed by atoms with van der Waals surface area (Å²) in [5.74, 6) is -4.48. The van der Waals surface area contributed by atoms with E-state index in [0.717, 1.165) is 0 Å². The van der Waals surface area contributed by atoms with Crippen molar-refractivity contribution in [3.63, 3.8) is 0 Å². The lowest BCUT2D eigenvalue weighted by atomic mass is 10.1. The molecule has 0 radical (unpaired) electrons. The maximum atomic E-state index is 13.1. The van der Waals surface area contributed by atoms with Crippen LogP contribution in [0.15, 0.2) is 30.3 Å². The minimum atomic E-state index is -2.79. The Balaban J connectivity index is 3.06. The molecule has 0 heterocycles. The van der Waals surface area contributed by atoms with E-state index in [9.17, 15) is 9.18 Å². The maximum Gasteiger partial charge on any atom is 0.361 e. The molecule has 0 fully saturated rings. The summed E-state index contributed by atoms with van der Waals surface area (Å²) in [4.78, 5) is 10.3. The predicted molar refractivity (Wildman–Crippen MR) is 41.1 cm³/mol. The summed E-state index contributed by atoms with van der Waals surface area (Å²) in [5, 5.41) is 8.39. The van der Waals surface area contributed by atoms with Gasteiger partial charge in [-0.25, -0.2) is 9.18 Å². The average molecular weight is 169 g/mol. The number of rotatable bonds is 2. The van der Waals surface area contributed by atoms with Crippen molar-refractivity contribution in [3.8, 4) is 0 Å². The van der Waals surface area contributed by atoms with Crippen molar-refractivity contribution < 1.29 is 14.3 Å². The zero-order valence-electron chi connectivity index (χ0n) is 6.20. The Morgan fingerprint density at radius 2 is 1.92 bits per heavy atom. The Hall–Kier alpha value is -1.42. The summed E-state index contributed by atoms with van der Waals surface area (Å²) >= 11 is 0. The van der Waals surface area contributed by atoms with Gasteiger partial charge in [0, 0.05) is 5.56 Å². The largest absolute Gasteiger partial charge is 0.478 e. The monoisotopic (exact) mass is 169 g/mol. The molecule has 4 heteroatoms. The Morgan fingerprint density at radius 3 is 2.33 bits per heavy atom. The van der Waals surface area contributed by atoms with Crippen LogP contribution in [0, 0.1) is 0 Å². The standard InChI is InChI=1S/C8H8FNO2/c9-8(10,7(11)12)6-4-2-1-3-5-6/h1-5H,10H2,(H,11,12)/t8-/m0/s1. The van der Waals surface area contributed by atoms with E-state index in [-0.39, 0.29) is 5.56 Å². The van der Waals surface area contributed by atoms with Gasteiger partial charge in [-0.3, -0.25) is 5.73 Å². The normalized spacial score (nSPS) is 15.2. The fraction of sp³-hybridized carbons (Fsp3) is 0.125. The molecule has 0 aliphatic carbocycles. The molecule has 0 saturated carbocycles. The van der Waals surface area contributed by atoms with E-state index < -0.39 is 11.8 Å². The lowest BCUT2D eigenvalue weighted by Crippen LogP contribution is -2.40. The van der Waals surface area contributed by atoms with Crippen molar-refractivity contribution in [2.75, 3.05) is 0 Å². The zero-order valence-corrected chi connectivity index (χ0v) is 6.20. The first kappa shape index (κ1) is 8.67. The molecule has 1 atom stereocenters. The fourth-order valence-electron chi connectivity index (χ4n) is 0.804. The average Bonchev–Trinajstić information content (AvgIpc) is 2.06. The van der Waals surface area contributed by atoms with Gasteiger partial charge in [0.1, 0.15) is 0 Å². The molecular weight excluding hydrogens is 161 g/mol. The van der Waals surface area contributed by atoms with Crippen LogP contribution in [0.3, 0.4) is 0 Å². The maximum absolute atomic E-state index is 13.1. The minimum Gasteiger partial charge on any atom is -0.478 e. The number of hydrogen-bond acceptors (Lipinski definition) is 2. The van der Waals surface area contributed by atoms with Crippen molar-refractivity contribution in [2.24, 2.45) is 5.73 Å². The third-order valence-corrected chi connectivity index (χ3v) is 1.51. The summed E-state index contributed by atoms with van der Waals surface area (Å²) in [5.41, 5.74) is 4.86. The molecule has 0 aliphatic heterocycles. The molecule has 3 nitrogen and oxygen atoms in total. The van der Waals surface area contributed by atoms with Gasteiger partial charge in [0.15, 0.2) is 0 Å². The number of carbonyl (C=O) groups is 1. The molecule has 0 unspecified atom stereocenters. The van der Waals surface area contributed by atoms with Gasteiger partial charge in [0.05, 0.1) is 0 Å². The molecule has 0 spiro atoms. The molecule has 0 aromatic heterocycles. The first-order valence-electron chi connectivity index (χ1n) is 3.32. The van der Waals surface area contributed by atoms with Crippen LogP contribution in [-0.4, -0.2) is 11.1 Å². The van der Waals surface area contributed by atoms with E-state index >= 15 is 0 Å². The predicted octanol–water partition coefficient (Wildman–Crippen LogP) is 0.852. The van der Waals surface area contributed by atoms with Crippen molar-refractivity contribution >= 4 is 5.97 Å². The summed E-state index contributed by atoms with van der Waals surface area (Å²) in [6.07, 6.45) is 0. The van der Waals surface area contributed by atoms with Gasteiger partial charge >= 0.3 is 5.97 Å². The smallest absolute Gasteiger partial charge is 0.361 e. The fourth-order valence-corrected chi connectivity index (χ4v) is 0.804. The number of benzene rings is 1. The summed E-state index contributed by atoms with van der Waals surface area (Å²) in [6, 6.07) is 7.36. The van der Waals surface area contributed by atoms with Gasteiger partial charge in [-0.05, 0) is 0 Å². The van der Waals surface area contributed by atoms with Gasteiger partial charge < -0.3 is 5.11 Å². The highest BCUT2D eigenvalue weighted by Crippen LogP contribution is 2.19. The van der Waals surface area contributed by atoms with Gasteiger partial charge in [-0.2, -0.15) is 0 Å². The number of carboxylic acids is 1. The van der Waals surface area contributed by atoms with Gasteiger partial charge in [0.2, 0.25) is 0 Å². The number of hydrogen-bond donors (Lipinski definition) is 2. The first-order valence-corrected chi connectivity index (χ1v) is 3.32. The van der Waals surface area contributed by atoms with Crippen molar-refractivity contribution in [3.05, 3.63) is 35.9 Å². The van der Waals surface area contributed by atoms with E-state index in [1.54, 1.807) is 6.07 Å². The van der Waals surface area contributed by atoms with E-state index in [0.29, 0.717) is 0 Å². The summed E-state index contributed by atoms with van der Waals surface area (Å²) in [7, 11) is 0. The third kappa shape index (κ3) is 1.43. The van der Waals surface area contributed by atoms with E-state index in [2.05, 4.69) is 0 Å². The molecule has 1 aromatic rings. The van der Waals surface area contributed by atoms with Crippen LogP contribution in [0.5, 0.6) is 0 Å². The van der Waals surface area contributed by atoms with Crippen LogP contribution >= 0.6 is 0 Å². The highest BCUT2D eigenvalue weighted by Gasteiger charge is 2.35. The van der Waals surface area contributed by atoms with Gasteiger partial charge in [-0.1, -0.05) is 30.3 Å². The van der Waals surface area contributed by atoms with E-state index in [1.165, 1.54) is 24.3 Å². The number of halogens is 1. The molecule has 0 amide bonds. The topological polar surface area (TPSA) is 63.3 Å². The lowest BCUT2D eigenvalue weighted by molar-refractivity contribution is -0.151. The second-order valence-corrected chi connectivity index (χ2v) is 2.38. The van der Waals surface area contributed by atoms with Crippen LogP contribution in [0.1, 0.15) is 5.56 Å². The quantitative estimate of drug-likeness (QED) is 0.645. The van der Waals surface area contributed by atoms with Crippen LogP contribution in [-0.2, 0) is 10.6 Å². The Bertz CT molecular complexity index is 284. The molecule has 1 aromatic carbocycles. The second kappa shape index (κ2) is 2.91. The zero-order chi connectivity index (χ0) is 9.19. The number of carboxylic acid groups (broad SMARTS) is 1. The summed E-state index contributed by atoms with van der Waals surface area (Å²) < 4.78 is 13.1.